The van der Waals surface area contributed by atoms with Crippen LogP contribution in [0.3, 0.4) is 0 Å². The van der Waals surface area contributed by atoms with Crippen LogP contribution in [0.25, 0.3) is 11.1 Å². The molecule has 8 nitrogen and oxygen atoms in total. The fraction of sp³-hybridized carbons (Fsp3) is 0.458. The number of hydrogen-bond acceptors (Lipinski definition) is 6. The van der Waals surface area contributed by atoms with Crippen LogP contribution in [0.4, 0.5) is 5.82 Å². The monoisotopic (exact) mass is 437 g/mol. The zero-order chi connectivity index (χ0) is 22.7. The Bertz CT molecular complexity index is 962. The van der Waals surface area contributed by atoms with Crippen LogP contribution in [0.15, 0.2) is 36.5 Å². The van der Waals surface area contributed by atoms with Crippen LogP contribution in [0.1, 0.15) is 46.4 Å². The Labute approximate surface area is 188 Å². The third-order valence-corrected chi connectivity index (χ3v) is 6.45. The molecule has 2 heterocycles. The first-order chi connectivity index (χ1) is 15.4. The highest BCUT2D eigenvalue weighted by Gasteiger charge is 2.23. The number of nitrogens with zero attached hydrogens (tertiary/aromatic N) is 3. The van der Waals surface area contributed by atoms with E-state index >= 15 is 0 Å². The molecule has 2 fully saturated rings. The number of nitrogen functional groups attached to an aromatic ring is 1. The van der Waals surface area contributed by atoms with Gasteiger partial charge in [0.1, 0.15) is 5.82 Å². The van der Waals surface area contributed by atoms with E-state index in [1.165, 1.54) is 0 Å². The molecule has 170 valence electrons. The largest absolute Gasteiger partial charge is 0.393 e. The molecule has 1 aromatic carbocycles. The van der Waals surface area contributed by atoms with E-state index in [0.29, 0.717) is 24.0 Å². The highest BCUT2D eigenvalue weighted by atomic mass is 16.3. The fourth-order valence-corrected chi connectivity index (χ4v) is 4.30. The second kappa shape index (κ2) is 9.67. The average Bonchev–Trinajstić information content (AvgIpc) is 2.81. The Morgan fingerprint density at radius 1 is 1.03 bits per heavy atom. The Balaban J connectivity index is 1.45. The molecule has 1 saturated heterocycles. The summed E-state index contributed by atoms with van der Waals surface area (Å²) in [5.74, 6) is -0.0261. The van der Waals surface area contributed by atoms with Gasteiger partial charge in [-0.05, 0) is 56.5 Å². The van der Waals surface area contributed by atoms with Gasteiger partial charge in [-0.2, -0.15) is 0 Å². The summed E-state index contributed by atoms with van der Waals surface area (Å²) in [7, 11) is 2.06. The van der Waals surface area contributed by atoms with Crippen molar-refractivity contribution in [3.8, 4) is 11.1 Å². The maximum atomic E-state index is 12.8. The number of nitrogens with one attached hydrogen (secondary N) is 1. The summed E-state index contributed by atoms with van der Waals surface area (Å²) in [6.45, 7) is 3.23. The molecule has 2 amide bonds. The second-order valence-electron chi connectivity index (χ2n) is 8.81. The van der Waals surface area contributed by atoms with Gasteiger partial charge in [-0.1, -0.05) is 12.1 Å². The van der Waals surface area contributed by atoms with Crippen LogP contribution >= 0.6 is 0 Å². The molecule has 32 heavy (non-hydrogen) atoms. The van der Waals surface area contributed by atoms with Crippen molar-refractivity contribution in [1.82, 2.24) is 20.1 Å². The lowest BCUT2D eigenvalue weighted by molar-refractivity contribution is 0.0664. The standard InChI is InChI=1S/C24H31N5O3/c1-28-10-12-29(13-11-28)24(32)17-4-2-16(3-5-17)18-14-21(22(25)26-15-18)23(31)27-19-6-8-20(30)9-7-19/h2-5,14-15,19-20,30H,6-13H2,1H3,(H2,25,26)(H,27,31)/t19-,20+. The molecule has 1 saturated carbocycles. The number of nitrogens with two attached hydrogens (primary N) is 1. The minimum Gasteiger partial charge on any atom is -0.393 e. The minimum atomic E-state index is -0.274. The van der Waals surface area contributed by atoms with Crippen molar-refractivity contribution >= 4 is 17.6 Å². The van der Waals surface area contributed by atoms with E-state index in [-0.39, 0.29) is 29.8 Å². The summed E-state index contributed by atoms with van der Waals surface area (Å²) in [6, 6.07) is 9.17. The van der Waals surface area contributed by atoms with Gasteiger partial charge in [-0.15, -0.1) is 0 Å². The Kier molecular flexibility index (Phi) is 6.72. The van der Waals surface area contributed by atoms with Crippen LogP contribution in [-0.4, -0.2) is 77.1 Å². The van der Waals surface area contributed by atoms with Crippen molar-refractivity contribution in [3.63, 3.8) is 0 Å². The first-order valence-corrected chi connectivity index (χ1v) is 11.2. The number of benzene rings is 1. The highest BCUT2D eigenvalue weighted by Crippen LogP contribution is 2.24. The first kappa shape index (κ1) is 22.2. The predicted molar refractivity (Wildman–Crippen MR) is 123 cm³/mol. The number of piperazine rings is 1. The fourth-order valence-electron chi connectivity index (χ4n) is 4.30. The lowest BCUT2D eigenvalue weighted by Gasteiger charge is -2.32. The van der Waals surface area contributed by atoms with Gasteiger partial charge < -0.3 is 26.0 Å². The van der Waals surface area contributed by atoms with E-state index in [1.54, 1.807) is 12.3 Å². The number of aliphatic hydroxyl groups is 1. The number of hydrogen-bond donors (Lipinski definition) is 3. The quantitative estimate of drug-likeness (QED) is 0.672. The summed E-state index contributed by atoms with van der Waals surface area (Å²) >= 11 is 0. The molecule has 2 aliphatic rings. The number of amides is 2. The van der Waals surface area contributed by atoms with E-state index in [0.717, 1.165) is 50.1 Å². The lowest BCUT2D eigenvalue weighted by Crippen LogP contribution is -2.47. The number of anilines is 1. The molecule has 0 atom stereocenters. The normalized spacial score (nSPS) is 21.9. The molecule has 2 aromatic rings. The van der Waals surface area contributed by atoms with Gasteiger partial charge in [0.25, 0.3) is 11.8 Å². The van der Waals surface area contributed by atoms with E-state index in [4.69, 9.17) is 5.73 Å². The zero-order valence-electron chi connectivity index (χ0n) is 18.5. The third kappa shape index (κ3) is 5.08. The van der Waals surface area contributed by atoms with Crippen LogP contribution in [0.5, 0.6) is 0 Å². The molecular weight excluding hydrogens is 406 g/mol. The average molecular weight is 438 g/mol. The Morgan fingerprint density at radius 3 is 2.34 bits per heavy atom. The predicted octanol–water partition coefficient (Wildman–Crippen LogP) is 1.75. The number of likely N-dealkylation sites (N-methyl/N-ethyl adjacent to an activating group) is 1. The van der Waals surface area contributed by atoms with Gasteiger partial charge in [0.15, 0.2) is 0 Å². The van der Waals surface area contributed by atoms with Crippen molar-refractivity contribution in [3.05, 3.63) is 47.7 Å². The number of carbonyl (C=O) groups is 2. The molecule has 4 N–H and O–H groups in total. The van der Waals surface area contributed by atoms with Crippen molar-refractivity contribution in [2.75, 3.05) is 39.0 Å². The molecular formula is C24H31N5O3. The molecule has 0 bridgehead atoms. The summed E-state index contributed by atoms with van der Waals surface area (Å²) in [5.41, 5.74) is 8.61. The molecule has 1 aliphatic carbocycles. The van der Waals surface area contributed by atoms with Crippen molar-refractivity contribution in [1.29, 1.82) is 0 Å². The summed E-state index contributed by atoms with van der Waals surface area (Å²) < 4.78 is 0. The molecule has 8 heteroatoms. The molecule has 0 spiro atoms. The minimum absolute atomic E-state index is 0.0360. The maximum Gasteiger partial charge on any atom is 0.255 e. The lowest BCUT2D eigenvalue weighted by atomic mass is 9.93. The van der Waals surface area contributed by atoms with E-state index in [9.17, 15) is 14.7 Å². The number of pyridine rings is 1. The molecule has 0 radical (unpaired) electrons. The molecule has 1 aromatic heterocycles. The van der Waals surface area contributed by atoms with Crippen LogP contribution in [-0.2, 0) is 0 Å². The van der Waals surface area contributed by atoms with Crippen LogP contribution < -0.4 is 11.1 Å². The maximum absolute atomic E-state index is 12.8. The SMILES string of the molecule is CN1CCN(C(=O)c2ccc(-c3cnc(N)c(C(=O)N[C@H]4CC[C@@H](O)CC4)c3)cc2)CC1. The highest BCUT2D eigenvalue weighted by molar-refractivity contribution is 5.99. The van der Waals surface area contributed by atoms with Crippen molar-refractivity contribution < 1.29 is 14.7 Å². The Morgan fingerprint density at radius 2 is 1.69 bits per heavy atom. The van der Waals surface area contributed by atoms with Crippen LogP contribution in [0.2, 0.25) is 0 Å². The van der Waals surface area contributed by atoms with Crippen LogP contribution in [0, 0.1) is 0 Å². The number of carbonyl (C=O) groups excluding carboxylic acids is 2. The van der Waals surface area contributed by atoms with Gasteiger partial charge in [0, 0.05) is 49.5 Å². The summed E-state index contributed by atoms with van der Waals surface area (Å²) in [5, 5.41) is 12.7. The van der Waals surface area contributed by atoms with Gasteiger partial charge >= 0.3 is 0 Å². The second-order valence-corrected chi connectivity index (χ2v) is 8.81. The summed E-state index contributed by atoms with van der Waals surface area (Å²) in [6.07, 6.45) is 4.26. The van der Waals surface area contributed by atoms with E-state index < -0.39 is 0 Å². The molecule has 1 aliphatic heterocycles. The van der Waals surface area contributed by atoms with Gasteiger partial charge in [-0.3, -0.25) is 9.59 Å². The van der Waals surface area contributed by atoms with Crippen molar-refractivity contribution in [2.45, 2.75) is 37.8 Å². The Hall–Kier alpha value is -2.97. The smallest absolute Gasteiger partial charge is 0.255 e. The van der Waals surface area contributed by atoms with Gasteiger partial charge in [0.05, 0.1) is 11.7 Å². The molecule has 0 unspecified atom stereocenters. The number of rotatable bonds is 4. The topological polar surface area (TPSA) is 112 Å². The van der Waals surface area contributed by atoms with E-state index in [2.05, 4.69) is 22.2 Å². The number of aromatic nitrogens is 1. The first-order valence-electron chi connectivity index (χ1n) is 11.2. The van der Waals surface area contributed by atoms with Gasteiger partial charge in [-0.25, -0.2) is 4.98 Å². The van der Waals surface area contributed by atoms with E-state index in [1.807, 2.05) is 29.2 Å². The summed E-state index contributed by atoms with van der Waals surface area (Å²) in [4.78, 5) is 33.9. The van der Waals surface area contributed by atoms with Crippen molar-refractivity contribution in [2.24, 2.45) is 0 Å². The third-order valence-electron chi connectivity index (χ3n) is 6.45. The number of aliphatic hydroxyl groups excluding tert-OH is 1. The molecule has 4 rings (SSSR count). The van der Waals surface area contributed by atoms with Gasteiger partial charge in [0.2, 0.25) is 0 Å². The zero-order valence-corrected chi connectivity index (χ0v) is 18.5.